The highest BCUT2D eigenvalue weighted by Gasteiger charge is 2.26. The van der Waals surface area contributed by atoms with Crippen molar-refractivity contribution in [1.82, 2.24) is 0 Å². The van der Waals surface area contributed by atoms with Gasteiger partial charge in [-0.15, -0.1) is 0 Å². The summed E-state index contributed by atoms with van der Waals surface area (Å²) in [5, 5.41) is 0. The van der Waals surface area contributed by atoms with E-state index in [0.29, 0.717) is 13.0 Å². The molecule has 3 heteroatoms. The van der Waals surface area contributed by atoms with Gasteiger partial charge in [0.2, 0.25) is 5.92 Å². The maximum Gasteiger partial charge on any atom is 0.245 e. The van der Waals surface area contributed by atoms with Crippen LogP contribution in [-0.2, 0) is 4.74 Å². The molecule has 0 aromatic carbocycles. The lowest BCUT2D eigenvalue weighted by Gasteiger charge is -2.24. The van der Waals surface area contributed by atoms with Gasteiger partial charge in [0, 0.05) is 13.5 Å². The largest absolute Gasteiger partial charge is 0.384 e. The van der Waals surface area contributed by atoms with Crippen LogP contribution >= 0.6 is 0 Å². The Bertz CT molecular complexity index is 127. The molecular formula is C9H18F2O. The predicted molar refractivity (Wildman–Crippen MR) is 45.5 cm³/mol. The van der Waals surface area contributed by atoms with E-state index in [9.17, 15) is 8.78 Å². The second-order valence-electron chi connectivity index (χ2n) is 4.17. The quantitative estimate of drug-likeness (QED) is 0.631. The molecule has 12 heavy (non-hydrogen) atoms. The fraction of sp³-hybridized carbons (Fsp3) is 1.00. The second kappa shape index (κ2) is 4.17. The Hall–Kier alpha value is -0.180. The van der Waals surface area contributed by atoms with Crippen molar-refractivity contribution in [3.8, 4) is 0 Å². The molecule has 0 bridgehead atoms. The van der Waals surface area contributed by atoms with E-state index in [1.807, 2.05) is 13.8 Å². The topological polar surface area (TPSA) is 9.23 Å². The van der Waals surface area contributed by atoms with Gasteiger partial charge in [0.05, 0.1) is 6.61 Å². The summed E-state index contributed by atoms with van der Waals surface area (Å²) >= 11 is 0. The third-order valence-electron chi connectivity index (χ3n) is 1.78. The van der Waals surface area contributed by atoms with E-state index in [-0.39, 0.29) is 11.8 Å². The fourth-order valence-corrected chi connectivity index (χ4v) is 1.02. The van der Waals surface area contributed by atoms with Crippen LogP contribution in [0.1, 0.15) is 33.6 Å². The summed E-state index contributed by atoms with van der Waals surface area (Å²) in [4.78, 5) is 0. The van der Waals surface area contributed by atoms with Crippen molar-refractivity contribution < 1.29 is 13.5 Å². The molecule has 0 aliphatic carbocycles. The number of alkyl halides is 2. The van der Waals surface area contributed by atoms with Crippen molar-refractivity contribution >= 4 is 0 Å². The van der Waals surface area contributed by atoms with Crippen LogP contribution in [0.4, 0.5) is 8.78 Å². The van der Waals surface area contributed by atoms with Crippen molar-refractivity contribution in [2.24, 2.45) is 5.41 Å². The van der Waals surface area contributed by atoms with Gasteiger partial charge in [-0.2, -0.15) is 0 Å². The predicted octanol–water partition coefficient (Wildman–Crippen LogP) is 3.09. The monoisotopic (exact) mass is 180 g/mol. The van der Waals surface area contributed by atoms with Gasteiger partial charge in [0.25, 0.3) is 0 Å². The smallest absolute Gasteiger partial charge is 0.245 e. The summed E-state index contributed by atoms with van der Waals surface area (Å²) in [6, 6.07) is 0. The third-order valence-corrected chi connectivity index (χ3v) is 1.78. The molecule has 74 valence electrons. The van der Waals surface area contributed by atoms with Gasteiger partial charge in [0.1, 0.15) is 0 Å². The van der Waals surface area contributed by atoms with Gasteiger partial charge in [0.15, 0.2) is 0 Å². The Morgan fingerprint density at radius 1 is 1.08 bits per heavy atom. The number of methoxy groups -OCH3 is 1. The van der Waals surface area contributed by atoms with Crippen molar-refractivity contribution in [2.45, 2.75) is 39.5 Å². The molecule has 0 saturated carbocycles. The summed E-state index contributed by atoms with van der Waals surface area (Å²) < 4.78 is 29.8. The fourth-order valence-electron chi connectivity index (χ4n) is 1.02. The molecular weight excluding hydrogens is 162 g/mol. The molecule has 0 N–H and O–H groups in total. The first-order valence-corrected chi connectivity index (χ1v) is 4.14. The van der Waals surface area contributed by atoms with Crippen LogP contribution in [0.2, 0.25) is 0 Å². The van der Waals surface area contributed by atoms with Crippen LogP contribution in [0, 0.1) is 5.41 Å². The van der Waals surface area contributed by atoms with Crippen molar-refractivity contribution in [1.29, 1.82) is 0 Å². The van der Waals surface area contributed by atoms with Crippen LogP contribution in [-0.4, -0.2) is 19.6 Å². The first-order valence-electron chi connectivity index (χ1n) is 4.14. The molecule has 0 unspecified atom stereocenters. The van der Waals surface area contributed by atoms with E-state index < -0.39 is 5.92 Å². The maximum absolute atomic E-state index is 12.5. The van der Waals surface area contributed by atoms with E-state index in [2.05, 4.69) is 0 Å². The molecule has 0 aliphatic heterocycles. The van der Waals surface area contributed by atoms with Crippen molar-refractivity contribution in [2.75, 3.05) is 13.7 Å². The van der Waals surface area contributed by atoms with Gasteiger partial charge in [-0.05, 0) is 18.8 Å². The normalized spacial score (nSPS) is 13.5. The molecule has 0 aromatic heterocycles. The first kappa shape index (κ1) is 11.8. The molecule has 0 aromatic rings. The standard InChI is InChI=1S/C9H18F2O/c1-8(2,7-12-4)5-6-9(3,10)11/h5-7H2,1-4H3. The molecule has 0 atom stereocenters. The number of halogens is 2. The lowest BCUT2D eigenvalue weighted by atomic mass is 9.88. The second-order valence-corrected chi connectivity index (χ2v) is 4.17. The Balaban J connectivity index is 3.75. The van der Waals surface area contributed by atoms with E-state index >= 15 is 0 Å². The molecule has 0 aliphatic rings. The minimum absolute atomic E-state index is 0.0661. The average Bonchev–Trinajstić information content (AvgIpc) is 1.83. The minimum Gasteiger partial charge on any atom is -0.384 e. The zero-order valence-corrected chi connectivity index (χ0v) is 8.29. The zero-order chi connectivity index (χ0) is 9.83. The summed E-state index contributed by atoms with van der Waals surface area (Å²) in [7, 11) is 1.59. The Morgan fingerprint density at radius 3 is 1.92 bits per heavy atom. The van der Waals surface area contributed by atoms with E-state index in [0.717, 1.165) is 6.92 Å². The third kappa shape index (κ3) is 6.53. The van der Waals surface area contributed by atoms with E-state index in [1.54, 1.807) is 7.11 Å². The zero-order valence-electron chi connectivity index (χ0n) is 8.29. The van der Waals surface area contributed by atoms with Crippen molar-refractivity contribution in [3.63, 3.8) is 0 Å². The highest BCUT2D eigenvalue weighted by atomic mass is 19.3. The van der Waals surface area contributed by atoms with Gasteiger partial charge < -0.3 is 4.74 Å². The number of rotatable bonds is 5. The first-order chi connectivity index (χ1) is 5.27. The Labute approximate surface area is 73.1 Å². The maximum atomic E-state index is 12.5. The minimum atomic E-state index is -2.55. The van der Waals surface area contributed by atoms with Crippen LogP contribution in [0.3, 0.4) is 0 Å². The Kier molecular flexibility index (Phi) is 4.11. The highest BCUT2D eigenvalue weighted by molar-refractivity contribution is 4.71. The van der Waals surface area contributed by atoms with Gasteiger partial charge in [-0.1, -0.05) is 13.8 Å². The van der Waals surface area contributed by atoms with E-state index in [4.69, 9.17) is 4.74 Å². The summed E-state index contributed by atoms with van der Waals surface area (Å²) in [6.07, 6.45) is 0.424. The molecule has 0 amide bonds. The summed E-state index contributed by atoms with van der Waals surface area (Å²) in [5.74, 6) is -2.55. The summed E-state index contributed by atoms with van der Waals surface area (Å²) in [5.41, 5.74) is -0.145. The summed E-state index contributed by atoms with van der Waals surface area (Å²) in [6.45, 7) is 5.35. The average molecular weight is 180 g/mol. The molecule has 0 spiro atoms. The van der Waals surface area contributed by atoms with Crippen LogP contribution in [0.25, 0.3) is 0 Å². The molecule has 1 nitrogen and oxygen atoms in total. The number of hydrogen-bond acceptors (Lipinski definition) is 1. The number of hydrogen-bond donors (Lipinski definition) is 0. The lowest BCUT2D eigenvalue weighted by molar-refractivity contribution is -0.00739. The molecule has 0 heterocycles. The molecule has 0 saturated heterocycles. The number of ether oxygens (including phenoxy) is 1. The van der Waals surface area contributed by atoms with Crippen LogP contribution in [0.5, 0.6) is 0 Å². The molecule has 0 radical (unpaired) electrons. The lowest BCUT2D eigenvalue weighted by Crippen LogP contribution is -2.22. The van der Waals surface area contributed by atoms with Crippen LogP contribution < -0.4 is 0 Å². The van der Waals surface area contributed by atoms with Gasteiger partial charge in [-0.25, -0.2) is 8.78 Å². The van der Waals surface area contributed by atoms with Crippen molar-refractivity contribution in [3.05, 3.63) is 0 Å². The Morgan fingerprint density at radius 2 is 1.58 bits per heavy atom. The molecule has 0 rings (SSSR count). The van der Waals surface area contributed by atoms with Gasteiger partial charge in [-0.3, -0.25) is 0 Å². The molecule has 0 fully saturated rings. The van der Waals surface area contributed by atoms with Crippen LogP contribution in [0.15, 0.2) is 0 Å². The highest BCUT2D eigenvalue weighted by Crippen LogP contribution is 2.29. The van der Waals surface area contributed by atoms with E-state index in [1.165, 1.54) is 0 Å². The van der Waals surface area contributed by atoms with Gasteiger partial charge >= 0.3 is 0 Å². The SMILES string of the molecule is COCC(C)(C)CCC(C)(F)F.